The van der Waals surface area contributed by atoms with Crippen LogP contribution in [0.1, 0.15) is 37.1 Å². The van der Waals surface area contributed by atoms with Crippen LogP contribution in [0.3, 0.4) is 0 Å². The van der Waals surface area contributed by atoms with E-state index in [9.17, 15) is 4.79 Å². The van der Waals surface area contributed by atoms with Crippen LogP contribution >= 0.6 is 0 Å². The van der Waals surface area contributed by atoms with E-state index in [1.54, 1.807) is 0 Å². The van der Waals surface area contributed by atoms with Gasteiger partial charge in [-0.25, -0.2) is 0 Å². The maximum Gasteiger partial charge on any atom is 0.222 e. The molecule has 0 atom stereocenters. The number of amides is 1. The molecule has 0 saturated carbocycles. The second-order valence-electron chi connectivity index (χ2n) is 9.06. The van der Waals surface area contributed by atoms with Gasteiger partial charge in [0.25, 0.3) is 0 Å². The number of rotatable bonds is 7. The molecule has 0 spiro atoms. The molecular weight excluding hydrogens is 428 g/mol. The molecular formula is C27H32N4O3. The first kappa shape index (κ1) is 22.5. The van der Waals surface area contributed by atoms with Crippen molar-refractivity contribution in [2.45, 2.75) is 38.8 Å². The largest absolute Gasteiger partial charge is 0.455 e. The number of hydrogen-bond donors (Lipinski definition) is 0. The molecule has 2 fully saturated rings. The summed E-state index contributed by atoms with van der Waals surface area (Å²) in [6.45, 7) is 5.79. The molecule has 7 heteroatoms. The molecule has 0 radical (unpaired) electrons. The molecule has 3 aromatic rings. The maximum atomic E-state index is 12.3. The number of benzene rings is 2. The van der Waals surface area contributed by atoms with Crippen molar-refractivity contribution in [2.24, 2.45) is 0 Å². The van der Waals surface area contributed by atoms with E-state index in [0.717, 1.165) is 87.2 Å². The molecule has 34 heavy (non-hydrogen) atoms. The van der Waals surface area contributed by atoms with E-state index in [-0.39, 0.29) is 5.91 Å². The lowest BCUT2D eigenvalue weighted by molar-refractivity contribution is -0.131. The van der Waals surface area contributed by atoms with E-state index in [4.69, 9.17) is 9.26 Å². The van der Waals surface area contributed by atoms with E-state index in [1.807, 2.05) is 53.4 Å². The van der Waals surface area contributed by atoms with Crippen molar-refractivity contribution in [1.29, 1.82) is 0 Å². The Balaban J connectivity index is 1.15. The molecule has 2 aromatic carbocycles. The third kappa shape index (κ3) is 5.59. The quantitative estimate of drug-likeness (QED) is 0.510. The molecule has 0 unspecified atom stereocenters. The summed E-state index contributed by atoms with van der Waals surface area (Å²) >= 11 is 0. The predicted octanol–water partition coefficient (Wildman–Crippen LogP) is 4.69. The zero-order valence-corrected chi connectivity index (χ0v) is 19.6. The van der Waals surface area contributed by atoms with E-state index < -0.39 is 0 Å². The van der Waals surface area contributed by atoms with Gasteiger partial charge in [-0.2, -0.15) is 0 Å². The summed E-state index contributed by atoms with van der Waals surface area (Å²) in [5, 5.41) is 4.23. The van der Waals surface area contributed by atoms with Crippen molar-refractivity contribution < 1.29 is 14.1 Å². The van der Waals surface area contributed by atoms with Crippen molar-refractivity contribution in [2.75, 3.05) is 37.6 Å². The Morgan fingerprint density at radius 2 is 1.65 bits per heavy atom. The number of ether oxygens (including phenoxy) is 1. The molecule has 2 saturated heterocycles. The normalized spacial score (nSPS) is 17.6. The van der Waals surface area contributed by atoms with Crippen molar-refractivity contribution in [3.63, 3.8) is 0 Å². The number of likely N-dealkylation sites (tertiary alicyclic amines) is 1. The Kier molecular flexibility index (Phi) is 7.10. The Hall–Kier alpha value is -3.32. The minimum Gasteiger partial charge on any atom is -0.455 e. The maximum absolute atomic E-state index is 12.3. The summed E-state index contributed by atoms with van der Waals surface area (Å²) in [5.74, 6) is 2.81. The first-order valence-electron chi connectivity index (χ1n) is 12.3. The zero-order chi connectivity index (χ0) is 23.2. The average molecular weight is 461 g/mol. The minimum atomic E-state index is 0.231. The Labute approximate surface area is 200 Å². The molecule has 7 nitrogen and oxygen atoms in total. The standard InChI is InChI=1S/C27H32N4O3/c32-27-13-5-2-8-14-31(27)20-22-19-24(34-28-22)21-29-15-17-30(18-16-29)25-11-6-7-12-26(25)33-23-9-3-1-4-10-23/h1,3-4,6-7,9-12,19H,2,5,8,13-18,20-21H2. The molecule has 178 valence electrons. The van der Waals surface area contributed by atoms with E-state index in [1.165, 1.54) is 0 Å². The van der Waals surface area contributed by atoms with Crippen molar-refractivity contribution >= 4 is 11.6 Å². The molecule has 3 heterocycles. The first-order valence-corrected chi connectivity index (χ1v) is 12.3. The predicted molar refractivity (Wildman–Crippen MR) is 131 cm³/mol. The fourth-order valence-electron chi connectivity index (χ4n) is 4.69. The number of piperazine rings is 1. The summed E-state index contributed by atoms with van der Waals surface area (Å²) in [6.07, 6.45) is 3.84. The van der Waals surface area contributed by atoms with Gasteiger partial charge in [0.15, 0.2) is 11.5 Å². The SMILES string of the molecule is O=C1CCCCCN1Cc1cc(CN2CCN(c3ccccc3Oc3ccccc3)CC2)on1. The number of carbonyl (C=O) groups excluding carboxylic acids is 1. The van der Waals surface area contributed by atoms with E-state index in [2.05, 4.69) is 27.1 Å². The zero-order valence-electron chi connectivity index (χ0n) is 19.6. The van der Waals surface area contributed by atoms with Crippen molar-refractivity contribution in [1.82, 2.24) is 15.0 Å². The summed E-state index contributed by atoms with van der Waals surface area (Å²) in [5.41, 5.74) is 1.96. The molecule has 1 amide bonds. The Morgan fingerprint density at radius 1 is 0.853 bits per heavy atom. The lowest BCUT2D eigenvalue weighted by Gasteiger charge is -2.36. The number of aromatic nitrogens is 1. The Bertz CT molecular complexity index is 1080. The minimum absolute atomic E-state index is 0.231. The van der Waals surface area contributed by atoms with Crippen LogP contribution in [0.15, 0.2) is 65.2 Å². The molecule has 2 aliphatic heterocycles. The van der Waals surface area contributed by atoms with Crippen LogP contribution < -0.4 is 9.64 Å². The van der Waals surface area contributed by atoms with E-state index in [0.29, 0.717) is 13.0 Å². The van der Waals surface area contributed by atoms with Gasteiger partial charge in [0.2, 0.25) is 5.91 Å². The first-order chi connectivity index (χ1) is 16.7. The highest BCUT2D eigenvalue weighted by molar-refractivity contribution is 5.76. The summed E-state index contributed by atoms with van der Waals surface area (Å²) in [4.78, 5) is 18.9. The van der Waals surface area contributed by atoms with Crippen LogP contribution in [-0.2, 0) is 17.9 Å². The molecule has 2 aliphatic rings. The monoisotopic (exact) mass is 460 g/mol. The number of para-hydroxylation sites is 3. The molecule has 5 rings (SSSR count). The summed E-state index contributed by atoms with van der Waals surface area (Å²) < 4.78 is 11.8. The average Bonchev–Trinajstić information content (AvgIpc) is 3.21. The van der Waals surface area contributed by atoms with Gasteiger partial charge < -0.3 is 19.1 Å². The van der Waals surface area contributed by atoms with Gasteiger partial charge in [-0.1, -0.05) is 41.9 Å². The highest BCUT2D eigenvalue weighted by Crippen LogP contribution is 2.32. The molecule has 1 aromatic heterocycles. The molecule has 0 bridgehead atoms. The topological polar surface area (TPSA) is 62.1 Å². The van der Waals surface area contributed by atoms with Crippen LogP contribution in [0.25, 0.3) is 0 Å². The number of anilines is 1. The number of carbonyl (C=O) groups is 1. The number of hydrogen-bond acceptors (Lipinski definition) is 6. The summed E-state index contributed by atoms with van der Waals surface area (Å²) in [6, 6.07) is 20.1. The van der Waals surface area contributed by atoms with Crippen molar-refractivity contribution in [3.05, 3.63) is 72.1 Å². The third-order valence-electron chi connectivity index (χ3n) is 6.56. The van der Waals surface area contributed by atoms with E-state index >= 15 is 0 Å². The van der Waals surface area contributed by atoms with Gasteiger partial charge in [-0.15, -0.1) is 0 Å². The van der Waals surface area contributed by atoms with Crippen LogP contribution in [0, 0.1) is 0 Å². The van der Waals surface area contributed by atoms with Crippen molar-refractivity contribution in [3.8, 4) is 11.5 Å². The lowest BCUT2D eigenvalue weighted by Crippen LogP contribution is -2.46. The fourth-order valence-corrected chi connectivity index (χ4v) is 4.69. The molecule has 0 aliphatic carbocycles. The third-order valence-corrected chi connectivity index (χ3v) is 6.56. The molecule has 0 N–H and O–H groups in total. The van der Waals surface area contributed by atoms with Crippen LogP contribution in [0.5, 0.6) is 11.5 Å². The highest BCUT2D eigenvalue weighted by atomic mass is 16.5. The smallest absolute Gasteiger partial charge is 0.222 e. The number of nitrogens with zero attached hydrogens (tertiary/aromatic N) is 4. The van der Waals surface area contributed by atoms with Gasteiger partial charge in [0.05, 0.1) is 18.8 Å². The van der Waals surface area contributed by atoms with Gasteiger partial charge in [-0.05, 0) is 37.1 Å². The van der Waals surface area contributed by atoms with Gasteiger partial charge >= 0.3 is 0 Å². The fraction of sp³-hybridized carbons (Fsp3) is 0.407. The Morgan fingerprint density at radius 3 is 2.50 bits per heavy atom. The summed E-state index contributed by atoms with van der Waals surface area (Å²) in [7, 11) is 0. The van der Waals surface area contributed by atoms with Crippen LogP contribution in [0.4, 0.5) is 5.69 Å². The van der Waals surface area contributed by atoms with Gasteiger partial charge in [0.1, 0.15) is 11.4 Å². The van der Waals surface area contributed by atoms with Crippen LogP contribution in [0.2, 0.25) is 0 Å². The van der Waals surface area contributed by atoms with Gasteiger partial charge in [0, 0.05) is 45.2 Å². The van der Waals surface area contributed by atoms with Crippen LogP contribution in [-0.4, -0.2) is 53.6 Å². The second-order valence-corrected chi connectivity index (χ2v) is 9.06. The second kappa shape index (κ2) is 10.7. The highest BCUT2D eigenvalue weighted by Gasteiger charge is 2.22. The van der Waals surface area contributed by atoms with Gasteiger partial charge in [-0.3, -0.25) is 9.69 Å². The lowest BCUT2D eigenvalue weighted by atomic mass is 10.2.